The lowest BCUT2D eigenvalue weighted by molar-refractivity contribution is -0.147. The van der Waals surface area contributed by atoms with Gasteiger partial charge in [0, 0.05) is 52.4 Å². The molecule has 0 radical (unpaired) electrons. The molecule has 0 aromatic heterocycles. The molecule has 6 amide bonds. The van der Waals surface area contributed by atoms with E-state index in [-0.39, 0.29) is 89.5 Å². The van der Waals surface area contributed by atoms with Crippen molar-refractivity contribution < 1.29 is 38.3 Å². The number of esters is 1. The van der Waals surface area contributed by atoms with E-state index in [1.807, 2.05) is 100 Å². The predicted molar refractivity (Wildman–Crippen MR) is 310 cm³/mol. The fraction of sp³-hybridized carbons (Fsp3) is 0.787. The number of rotatable bonds is 19. The van der Waals surface area contributed by atoms with Gasteiger partial charge in [-0.15, -0.1) is 0 Å². The molecule has 5 saturated heterocycles. The van der Waals surface area contributed by atoms with Gasteiger partial charge in [-0.05, 0) is 133 Å². The number of nitrogens with one attached hydrogen (secondary N) is 3. The Morgan fingerprint density at radius 2 is 0.975 bits per heavy atom. The van der Waals surface area contributed by atoms with Crippen LogP contribution in [0, 0.1) is 22.7 Å². The molecule has 18 heteroatoms. The quantitative estimate of drug-likeness (QED) is 0.151. The molecule has 5 heterocycles. The van der Waals surface area contributed by atoms with Crippen LogP contribution in [-0.4, -0.2) is 211 Å². The van der Waals surface area contributed by atoms with E-state index in [1.165, 1.54) is 7.11 Å². The van der Waals surface area contributed by atoms with Crippen LogP contribution in [0.15, 0.2) is 30.3 Å². The highest BCUT2D eigenvalue weighted by molar-refractivity contribution is 5.92. The molecular formula is C61H104N10O8. The molecule has 0 saturated carbocycles. The van der Waals surface area contributed by atoms with Gasteiger partial charge in [-0.3, -0.25) is 53.2 Å². The molecule has 18 nitrogen and oxygen atoms in total. The fourth-order valence-electron chi connectivity index (χ4n) is 12.5. The highest BCUT2D eigenvalue weighted by atomic mass is 16.5. The van der Waals surface area contributed by atoms with Crippen molar-refractivity contribution in [1.29, 1.82) is 0 Å². The Balaban J connectivity index is 0.000000308. The molecule has 5 aliphatic rings. The van der Waals surface area contributed by atoms with Gasteiger partial charge in [0.1, 0.15) is 24.2 Å². The van der Waals surface area contributed by atoms with Gasteiger partial charge >= 0.3 is 5.97 Å². The molecule has 3 N–H and O–H groups in total. The van der Waals surface area contributed by atoms with Crippen LogP contribution in [-0.2, 0) is 44.8 Å². The van der Waals surface area contributed by atoms with Gasteiger partial charge in [0.2, 0.25) is 35.4 Å². The standard InChI is InChI=1S/C36H58N6O4.C25H46N4O4/c1-25(2)30(40(7)35(46)31(36(3,4)5)38-33(44)27-17-11-12-20-39(27)6)24-41-21-13-19-29(41)34(45)42-22-14-18-28(42)32(43)37-23-26-15-9-8-10-16-26;1-17(2)20(16-29-15-11-13-19(29)24(32)33-8)28(7)23(31)21(25(3,4)5)26-22(30)18-12-9-10-14-27(18)6/h8-10,15-16,25,27-31H,11-14,17-24H2,1-7H3,(H,37,43)(H,38,44);17-21H,9-16H2,1-8H3,(H,26,30)/t27-,28+,29+,30-,31-;18-,19+,20-,21-/m11/s1. The maximum atomic E-state index is 14.2. The van der Waals surface area contributed by atoms with E-state index in [2.05, 4.69) is 63.2 Å². The number of nitrogens with zero attached hydrogens (tertiary/aromatic N) is 7. The van der Waals surface area contributed by atoms with E-state index in [0.29, 0.717) is 32.6 Å². The first-order chi connectivity index (χ1) is 37.2. The van der Waals surface area contributed by atoms with Gasteiger partial charge in [-0.1, -0.05) is 112 Å². The molecular weight excluding hydrogens is 1000 g/mol. The third-order valence-electron chi connectivity index (χ3n) is 17.7. The number of benzene rings is 1. The Bertz CT molecular complexity index is 2180. The van der Waals surface area contributed by atoms with Gasteiger partial charge in [-0.25, -0.2) is 0 Å². The van der Waals surface area contributed by atoms with Crippen LogP contribution in [0.2, 0.25) is 0 Å². The monoisotopic (exact) mass is 1100 g/mol. The number of carbonyl (C=O) groups is 7. The van der Waals surface area contributed by atoms with E-state index in [4.69, 9.17) is 4.74 Å². The largest absolute Gasteiger partial charge is 0.468 e. The molecule has 0 spiro atoms. The maximum Gasteiger partial charge on any atom is 0.323 e. The molecule has 1 aromatic rings. The van der Waals surface area contributed by atoms with E-state index < -0.39 is 29.0 Å². The molecule has 0 aliphatic carbocycles. The zero-order valence-corrected chi connectivity index (χ0v) is 51.3. The number of likely N-dealkylation sites (N-methyl/N-ethyl adjacent to an activating group) is 4. The first-order valence-electron chi connectivity index (χ1n) is 29.9. The maximum absolute atomic E-state index is 14.2. The predicted octanol–water partition coefficient (Wildman–Crippen LogP) is 5.38. The smallest absolute Gasteiger partial charge is 0.323 e. The Morgan fingerprint density at radius 3 is 1.41 bits per heavy atom. The van der Waals surface area contributed by atoms with Gasteiger partial charge in [-0.2, -0.15) is 0 Å². The summed E-state index contributed by atoms with van der Waals surface area (Å²) in [5, 5.41) is 9.28. The van der Waals surface area contributed by atoms with Crippen molar-refractivity contribution in [1.82, 2.24) is 50.2 Å². The summed E-state index contributed by atoms with van der Waals surface area (Å²) in [6.07, 6.45) is 10.7. The first kappa shape index (κ1) is 65.2. The second kappa shape index (κ2) is 29.4. The van der Waals surface area contributed by atoms with Crippen molar-refractivity contribution in [2.45, 2.75) is 207 Å². The summed E-state index contributed by atoms with van der Waals surface area (Å²) in [5.41, 5.74) is 0.118. The normalized spacial score (nSPS) is 24.2. The van der Waals surface area contributed by atoms with Crippen molar-refractivity contribution in [2.24, 2.45) is 22.7 Å². The highest BCUT2D eigenvalue weighted by Gasteiger charge is 2.45. The number of likely N-dealkylation sites (tertiary alicyclic amines) is 5. The van der Waals surface area contributed by atoms with Crippen LogP contribution in [0.5, 0.6) is 0 Å². The Kier molecular flexibility index (Phi) is 24.2. The Labute approximate surface area is 475 Å². The third-order valence-corrected chi connectivity index (χ3v) is 17.7. The zero-order valence-electron chi connectivity index (χ0n) is 51.3. The Morgan fingerprint density at radius 1 is 0.557 bits per heavy atom. The zero-order chi connectivity index (χ0) is 58.5. The van der Waals surface area contributed by atoms with E-state index >= 15 is 0 Å². The molecule has 1 aromatic carbocycles. The summed E-state index contributed by atoms with van der Waals surface area (Å²) in [5.74, 6) is -0.291. The summed E-state index contributed by atoms with van der Waals surface area (Å²) >= 11 is 0. The van der Waals surface area contributed by atoms with E-state index in [9.17, 15) is 33.6 Å². The minimum Gasteiger partial charge on any atom is -0.468 e. The SMILES string of the molecule is CC(C)[C@@H](CN1CCC[C@H]1C(=O)N1CCC[C@H]1C(=O)NCc1ccccc1)N(C)C(=O)[C@@H](NC(=O)[C@H]1CCCCN1C)C(C)(C)C.COC(=O)[C@@H]1CCCN1C[C@H](C(C)C)N(C)C(=O)[C@@H](NC(=O)[C@H]1CCCCN1C)C(C)(C)C. The lowest BCUT2D eigenvalue weighted by Crippen LogP contribution is -2.61. The molecule has 6 rings (SSSR count). The van der Waals surface area contributed by atoms with Gasteiger partial charge in [0.25, 0.3) is 0 Å². The Hall–Kier alpha value is -4.65. The van der Waals surface area contributed by atoms with Crippen molar-refractivity contribution >= 4 is 41.4 Å². The van der Waals surface area contributed by atoms with Crippen LogP contribution in [0.3, 0.4) is 0 Å². The van der Waals surface area contributed by atoms with Gasteiger partial charge in [0.05, 0.1) is 25.2 Å². The van der Waals surface area contributed by atoms with Crippen molar-refractivity contribution in [3.05, 3.63) is 35.9 Å². The third kappa shape index (κ3) is 17.4. The highest BCUT2D eigenvalue weighted by Crippen LogP contribution is 2.30. The summed E-state index contributed by atoms with van der Waals surface area (Å²) < 4.78 is 4.99. The average molecular weight is 1110 g/mol. The van der Waals surface area contributed by atoms with Gasteiger partial charge in [0.15, 0.2) is 0 Å². The molecule has 5 aliphatic heterocycles. The molecule has 446 valence electrons. The summed E-state index contributed by atoms with van der Waals surface area (Å²) in [6, 6.07) is 6.86. The fourth-order valence-corrected chi connectivity index (χ4v) is 12.5. The van der Waals surface area contributed by atoms with Crippen LogP contribution >= 0.6 is 0 Å². The molecule has 9 atom stereocenters. The van der Waals surface area contributed by atoms with Crippen LogP contribution < -0.4 is 16.0 Å². The lowest BCUT2D eigenvalue weighted by atomic mass is 9.84. The minimum atomic E-state index is -0.669. The van der Waals surface area contributed by atoms with Crippen LogP contribution in [0.25, 0.3) is 0 Å². The van der Waals surface area contributed by atoms with Crippen LogP contribution in [0.4, 0.5) is 0 Å². The van der Waals surface area contributed by atoms with Crippen molar-refractivity contribution in [2.75, 3.05) is 81.1 Å². The number of carbonyl (C=O) groups excluding carboxylic acids is 7. The number of methoxy groups -OCH3 is 1. The number of ether oxygens (including phenoxy) is 1. The van der Waals surface area contributed by atoms with E-state index in [0.717, 1.165) is 102 Å². The number of hydrogen-bond donors (Lipinski definition) is 3. The minimum absolute atomic E-state index is 0.0165. The van der Waals surface area contributed by atoms with Gasteiger partial charge < -0.3 is 35.4 Å². The molecule has 0 bridgehead atoms. The average Bonchev–Trinajstić information content (AvgIpc) is 4.22. The second-order valence-corrected chi connectivity index (χ2v) is 26.3. The first-order valence-corrected chi connectivity index (χ1v) is 29.9. The second-order valence-electron chi connectivity index (χ2n) is 26.3. The lowest BCUT2D eigenvalue weighted by Gasteiger charge is -2.41. The number of piperidine rings is 2. The van der Waals surface area contributed by atoms with Crippen molar-refractivity contribution in [3.8, 4) is 0 Å². The number of hydrogen-bond acceptors (Lipinski definition) is 12. The summed E-state index contributed by atoms with van der Waals surface area (Å²) in [7, 11) is 9.05. The summed E-state index contributed by atoms with van der Waals surface area (Å²) in [6.45, 7) is 25.9. The van der Waals surface area contributed by atoms with E-state index in [1.54, 1.807) is 14.7 Å². The van der Waals surface area contributed by atoms with Crippen molar-refractivity contribution in [3.63, 3.8) is 0 Å². The molecule has 79 heavy (non-hydrogen) atoms. The molecule has 5 fully saturated rings. The summed E-state index contributed by atoms with van der Waals surface area (Å²) in [4.78, 5) is 108. The topological polar surface area (TPSA) is 187 Å². The number of amides is 6. The molecule has 0 unspecified atom stereocenters. The van der Waals surface area contributed by atoms with Crippen LogP contribution in [0.1, 0.15) is 152 Å².